The quantitative estimate of drug-likeness (QED) is 0.861. The van der Waals surface area contributed by atoms with Crippen molar-refractivity contribution in [3.05, 3.63) is 16.5 Å². The fourth-order valence-corrected chi connectivity index (χ4v) is 2.80. The van der Waals surface area contributed by atoms with Gasteiger partial charge in [0, 0.05) is 25.8 Å². The number of anilines is 1. The van der Waals surface area contributed by atoms with Crippen LogP contribution in [0, 0.1) is 12.8 Å². The van der Waals surface area contributed by atoms with Gasteiger partial charge in [-0.2, -0.15) is 0 Å². The molecule has 0 bridgehead atoms. The van der Waals surface area contributed by atoms with Crippen LogP contribution in [-0.4, -0.2) is 46.2 Å². The largest absolute Gasteiger partial charge is 0.444 e. The lowest BCUT2D eigenvalue weighted by Crippen LogP contribution is -2.42. The minimum atomic E-state index is -0.438. The zero-order valence-electron chi connectivity index (χ0n) is 14.2. The molecule has 23 heavy (non-hydrogen) atoms. The van der Waals surface area contributed by atoms with Crippen LogP contribution in [0.3, 0.4) is 0 Å². The maximum absolute atomic E-state index is 12.0. The van der Waals surface area contributed by atoms with Crippen LogP contribution < -0.4 is 5.32 Å². The van der Waals surface area contributed by atoms with Gasteiger partial charge in [0.05, 0.1) is 4.47 Å². The molecule has 6 nitrogen and oxygen atoms in total. The summed E-state index contributed by atoms with van der Waals surface area (Å²) in [6.45, 7) is 9.88. The van der Waals surface area contributed by atoms with E-state index < -0.39 is 5.60 Å². The molecular formula is C16H25BrN4O2. The van der Waals surface area contributed by atoms with E-state index in [1.165, 1.54) is 0 Å². The highest BCUT2D eigenvalue weighted by atomic mass is 79.9. The first-order chi connectivity index (χ1) is 10.7. The summed E-state index contributed by atoms with van der Waals surface area (Å²) in [5, 5.41) is 3.37. The number of amides is 1. The Morgan fingerprint density at radius 3 is 2.70 bits per heavy atom. The summed E-state index contributed by atoms with van der Waals surface area (Å²) in [4.78, 5) is 22.4. The molecule has 0 unspecified atom stereocenters. The third kappa shape index (κ3) is 5.64. The lowest BCUT2D eigenvalue weighted by molar-refractivity contribution is 0.0188. The predicted octanol–water partition coefficient (Wildman–Crippen LogP) is 3.61. The van der Waals surface area contributed by atoms with E-state index in [4.69, 9.17) is 4.74 Å². The van der Waals surface area contributed by atoms with Gasteiger partial charge < -0.3 is 15.0 Å². The minimum Gasteiger partial charge on any atom is -0.444 e. The maximum atomic E-state index is 12.0. The Hall–Kier alpha value is -1.37. The second-order valence-corrected chi connectivity index (χ2v) is 7.76. The summed E-state index contributed by atoms with van der Waals surface area (Å²) < 4.78 is 6.29. The molecule has 128 valence electrons. The molecular weight excluding hydrogens is 360 g/mol. The van der Waals surface area contributed by atoms with Crippen molar-refractivity contribution in [3.63, 3.8) is 0 Å². The van der Waals surface area contributed by atoms with Gasteiger partial charge in [0.25, 0.3) is 0 Å². The predicted molar refractivity (Wildman–Crippen MR) is 93.5 cm³/mol. The number of aromatic nitrogens is 2. The summed E-state index contributed by atoms with van der Waals surface area (Å²) >= 11 is 3.46. The summed E-state index contributed by atoms with van der Waals surface area (Å²) in [6.07, 6.45) is 3.48. The number of nitrogens with zero attached hydrogens (tertiary/aromatic N) is 3. The van der Waals surface area contributed by atoms with Crippen LogP contribution in [0.1, 0.15) is 39.4 Å². The van der Waals surface area contributed by atoms with Crippen molar-refractivity contribution in [2.24, 2.45) is 5.92 Å². The van der Waals surface area contributed by atoms with E-state index in [1.807, 2.05) is 27.7 Å². The molecule has 0 aliphatic carbocycles. The van der Waals surface area contributed by atoms with E-state index in [0.717, 1.165) is 48.6 Å². The Balaban J connectivity index is 1.79. The van der Waals surface area contributed by atoms with Gasteiger partial charge >= 0.3 is 6.09 Å². The number of hydrogen-bond donors (Lipinski definition) is 1. The van der Waals surface area contributed by atoms with Crippen LogP contribution in [0.15, 0.2) is 10.7 Å². The second-order valence-electron chi connectivity index (χ2n) is 6.91. The highest BCUT2D eigenvalue weighted by Crippen LogP contribution is 2.22. The third-order valence-corrected chi connectivity index (χ3v) is 4.27. The van der Waals surface area contributed by atoms with Gasteiger partial charge in [-0.3, -0.25) is 0 Å². The maximum Gasteiger partial charge on any atom is 0.410 e. The Kier molecular flexibility index (Phi) is 5.84. The Morgan fingerprint density at radius 1 is 1.43 bits per heavy atom. The summed E-state index contributed by atoms with van der Waals surface area (Å²) in [6, 6.07) is 0. The van der Waals surface area contributed by atoms with E-state index in [1.54, 1.807) is 11.1 Å². The number of likely N-dealkylation sites (tertiary alicyclic amines) is 1. The van der Waals surface area contributed by atoms with E-state index in [-0.39, 0.29) is 6.09 Å². The molecule has 1 aliphatic rings. The van der Waals surface area contributed by atoms with Gasteiger partial charge in [-0.15, -0.1) is 0 Å². The van der Waals surface area contributed by atoms with Gasteiger partial charge in [0.15, 0.2) is 0 Å². The molecule has 2 rings (SSSR count). The normalized spacial score (nSPS) is 16.3. The average molecular weight is 385 g/mol. The summed E-state index contributed by atoms with van der Waals surface area (Å²) in [5.41, 5.74) is -0.438. The topological polar surface area (TPSA) is 67.4 Å². The smallest absolute Gasteiger partial charge is 0.410 e. The fourth-order valence-electron chi connectivity index (χ4n) is 2.47. The van der Waals surface area contributed by atoms with Crippen molar-refractivity contribution in [1.82, 2.24) is 14.9 Å². The van der Waals surface area contributed by atoms with Crippen LogP contribution in [0.25, 0.3) is 0 Å². The minimum absolute atomic E-state index is 0.210. The van der Waals surface area contributed by atoms with Crippen molar-refractivity contribution >= 4 is 27.8 Å². The highest BCUT2D eigenvalue weighted by molar-refractivity contribution is 9.10. The molecule has 2 heterocycles. The molecule has 1 fully saturated rings. The number of piperidine rings is 1. The van der Waals surface area contributed by atoms with Crippen LogP contribution in [0.2, 0.25) is 0 Å². The Morgan fingerprint density at radius 2 is 2.09 bits per heavy atom. The molecule has 0 atom stereocenters. The van der Waals surface area contributed by atoms with Crippen molar-refractivity contribution in [2.45, 2.75) is 46.1 Å². The summed E-state index contributed by atoms with van der Waals surface area (Å²) in [7, 11) is 0. The van der Waals surface area contributed by atoms with Gasteiger partial charge in [-0.05, 0) is 62.4 Å². The molecule has 1 N–H and O–H groups in total. The number of nitrogens with one attached hydrogen (secondary N) is 1. The van der Waals surface area contributed by atoms with E-state index in [0.29, 0.717) is 5.92 Å². The Bertz CT molecular complexity index is 552. The molecule has 1 aromatic rings. The molecule has 1 aliphatic heterocycles. The first kappa shape index (κ1) is 18.0. The molecule has 0 spiro atoms. The van der Waals surface area contributed by atoms with Gasteiger partial charge in [-0.25, -0.2) is 14.8 Å². The number of hydrogen-bond acceptors (Lipinski definition) is 5. The number of carbonyl (C=O) groups is 1. The van der Waals surface area contributed by atoms with Crippen molar-refractivity contribution < 1.29 is 9.53 Å². The average Bonchev–Trinajstić information content (AvgIpc) is 2.47. The van der Waals surface area contributed by atoms with Crippen LogP contribution in [-0.2, 0) is 4.74 Å². The lowest BCUT2D eigenvalue weighted by atomic mass is 9.97. The number of carbonyl (C=O) groups excluding carboxylic acids is 1. The van der Waals surface area contributed by atoms with Crippen LogP contribution >= 0.6 is 15.9 Å². The zero-order chi connectivity index (χ0) is 17.0. The number of halogens is 1. The standard InChI is InChI=1S/C16H25BrN4O2/c1-11-18-10-13(17)14(20-11)19-9-12-5-7-21(8-6-12)15(22)23-16(2,3)4/h10,12H,5-9H2,1-4H3,(H,18,19,20). The molecule has 1 saturated heterocycles. The monoisotopic (exact) mass is 384 g/mol. The molecule has 0 saturated carbocycles. The van der Waals surface area contributed by atoms with Crippen LogP contribution in [0.4, 0.5) is 10.6 Å². The SMILES string of the molecule is Cc1ncc(Br)c(NCC2CCN(C(=O)OC(C)(C)C)CC2)n1. The lowest BCUT2D eigenvalue weighted by Gasteiger charge is -2.33. The second kappa shape index (κ2) is 7.47. The van der Waals surface area contributed by atoms with Crippen molar-refractivity contribution in [1.29, 1.82) is 0 Å². The van der Waals surface area contributed by atoms with Crippen molar-refractivity contribution in [2.75, 3.05) is 25.0 Å². The number of rotatable bonds is 3. The van der Waals surface area contributed by atoms with Gasteiger partial charge in [-0.1, -0.05) is 0 Å². The highest BCUT2D eigenvalue weighted by Gasteiger charge is 2.26. The molecule has 7 heteroatoms. The van der Waals surface area contributed by atoms with Crippen LogP contribution in [0.5, 0.6) is 0 Å². The van der Waals surface area contributed by atoms with E-state index in [2.05, 4.69) is 31.2 Å². The number of aryl methyl sites for hydroxylation is 1. The Labute approximate surface area is 146 Å². The van der Waals surface area contributed by atoms with Gasteiger partial charge in [0.1, 0.15) is 17.2 Å². The molecule has 0 radical (unpaired) electrons. The summed E-state index contributed by atoms with van der Waals surface area (Å²) in [5.74, 6) is 2.10. The first-order valence-corrected chi connectivity index (χ1v) is 8.75. The molecule has 1 amide bonds. The molecule has 0 aromatic carbocycles. The van der Waals surface area contributed by atoms with E-state index in [9.17, 15) is 4.79 Å². The van der Waals surface area contributed by atoms with E-state index >= 15 is 0 Å². The van der Waals surface area contributed by atoms with Crippen molar-refractivity contribution in [3.8, 4) is 0 Å². The zero-order valence-corrected chi connectivity index (χ0v) is 15.8. The van der Waals surface area contributed by atoms with Gasteiger partial charge in [0.2, 0.25) is 0 Å². The molecule has 1 aromatic heterocycles. The fraction of sp³-hybridized carbons (Fsp3) is 0.688. The third-order valence-electron chi connectivity index (χ3n) is 3.69. The number of ether oxygens (including phenoxy) is 1. The first-order valence-electron chi connectivity index (χ1n) is 7.95.